The minimum absolute atomic E-state index is 0.0169. The number of hydrogen-bond donors (Lipinski definition) is 0. The fraction of sp³-hybridized carbons (Fsp3) is 0.217. The van der Waals surface area contributed by atoms with E-state index in [4.69, 9.17) is 4.74 Å². The molecule has 5 rings (SSSR count). The van der Waals surface area contributed by atoms with E-state index in [1.165, 1.54) is 10.4 Å². The van der Waals surface area contributed by atoms with Gasteiger partial charge in [0.1, 0.15) is 18.0 Å². The molecule has 3 aromatic heterocycles. The third-order valence-electron chi connectivity index (χ3n) is 5.32. The Labute approximate surface area is 173 Å². The van der Waals surface area contributed by atoms with Crippen molar-refractivity contribution in [1.82, 2.24) is 14.3 Å². The molecule has 0 aliphatic carbocycles. The normalized spacial score (nSPS) is 13.5. The number of rotatable bonds is 4. The van der Waals surface area contributed by atoms with Crippen molar-refractivity contribution in [3.8, 4) is 5.75 Å². The third-order valence-corrected chi connectivity index (χ3v) is 6.34. The van der Waals surface area contributed by atoms with Gasteiger partial charge in [0.2, 0.25) is 0 Å². The standard InChI is InChI=1S/C23H21N3O2S/c1-16-5-4-10-25-14-18(24-22(16)25)15-28-20-7-3-2-6-19(20)23(27)26-11-8-21-17(13-26)9-12-29-21/h2-7,9-10,12,14H,8,11,13,15H2,1H3. The fourth-order valence-electron chi connectivity index (χ4n) is 3.79. The molecule has 1 aliphatic rings. The summed E-state index contributed by atoms with van der Waals surface area (Å²) >= 11 is 1.77. The van der Waals surface area contributed by atoms with E-state index < -0.39 is 0 Å². The second-order valence-corrected chi connectivity index (χ2v) is 8.29. The van der Waals surface area contributed by atoms with Crippen molar-refractivity contribution in [2.45, 2.75) is 26.5 Å². The van der Waals surface area contributed by atoms with Crippen molar-refractivity contribution >= 4 is 22.9 Å². The van der Waals surface area contributed by atoms with Crippen LogP contribution in [-0.2, 0) is 19.6 Å². The van der Waals surface area contributed by atoms with Gasteiger partial charge in [-0.2, -0.15) is 0 Å². The van der Waals surface area contributed by atoms with E-state index in [9.17, 15) is 4.79 Å². The molecule has 1 aromatic carbocycles. The molecule has 4 aromatic rings. The van der Waals surface area contributed by atoms with Gasteiger partial charge in [0.05, 0.1) is 11.3 Å². The summed E-state index contributed by atoms with van der Waals surface area (Å²) in [6.07, 6.45) is 4.86. The Hall–Kier alpha value is -3.12. The summed E-state index contributed by atoms with van der Waals surface area (Å²) in [5, 5.41) is 2.10. The van der Waals surface area contributed by atoms with Crippen LogP contribution in [0.4, 0.5) is 0 Å². The highest BCUT2D eigenvalue weighted by Gasteiger charge is 2.24. The number of pyridine rings is 1. The number of para-hydroxylation sites is 1. The minimum atomic E-state index is 0.0169. The number of thiophene rings is 1. The number of amides is 1. The number of ether oxygens (including phenoxy) is 1. The lowest BCUT2D eigenvalue weighted by molar-refractivity contribution is 0.0731. The Balaban J connectivity index is 1.35. The van der Waals surface area contributed by atoms with Gasteiger partial charge in [0, 0.05) is 30.4 Å². The van der Waals surface area contributed by atoms with Gasteiger partial charge in [-0.05, 0) is 54.1 Å². The molecule has 0 bridgehead atoms. The topological polar surface area (TPSA) is 46.8 Å². The molecule has 0 N–H and O–H groups in total. The number of aromatic nitrogens is 2. The van der Waals surface area contributed by atoms with Crippen molar-refractivity contribution in [1.29, 1.82) is 0 Å². The summed E-state index contributed by atoms with van der Waals surface area (Å²) in [7, 11) is 0. The monoisotopic (exact) mass is 403 g/mol. The number of aryl methyl sites for hydroxylation is 1. The lowest BCUT2D eigenvalue weighted by atomic mass is 10.1. The number of imidazole rings is 1. The van der Waals surface area contributed by atoms with Gasteiger partial charge in [-0.1, -0.05) is 18.2 Å². The van der Waals surface area contributed by atoms with Crippen molar-refractivity contribution in [3.05, 3.63) is 87.5 Å². The van der Waals surface area contributed by atoms with Crippen LogP contribution in [0.25, 0.3) is 5.65 Å². The molecule has 0 unspecified atom stereocenters. The van der Waals surface area contributed by atoms with Crippen LogP contribution in [0.3, 0.4) is 0 Å². The number of hydrogen-bond acceptors (Lipinski definition) is 4. The second-order valence-electron chi connectivity index (χ2n) is 7.28. The van der Waals surface area contributed by atoms with Crippen molar-refractivity contribution in [2.75, 3.05) is 6.54 Å². The number of nitrogens with zero attached hydrogens (tertiary/aromatic N) is 3. The molecule has 0 radical (unpaired) electrons. The molecule has 0 spiro atoms. The van der Waals surface area contributed by atoms with Crippen LogP contribution < -0.4 is 4.74 Å². The summed E-state index contributed by atoms with van der Waals surface area (Å²) < 4.78 is 8.04. The predicted octanol–water partition coefficient (Wildman–Crippen LogP) is 4.48. The van der Waals surface area contributed by atoms with Crippen molar-refractivity contribution in [3.63, 3.8) is 0 Å². The summed E-state index contributed by atoms with van der Waals surface area (Å²) in [4.78, 5) is 21.1. The van der Waals surface area contributed by atoms with E-state index in [1.54, 1.807) is 11.3 Å². The van der Waals surface area contributed by atoms with Crippen molar-refractivity contribution in [2.24, 2.45) is 0 Å². The molecular formula is C23H21N3O2S. The molecule has 6 heteroatoms. The molecule has 0 saturated carbocycles. The lowest BCUT2D eigenvalue weighted by Gasteiger charge is -2.27. The summed E-state index contributed by atoms with van der Waals surface area (Å²) in [6.45, 7) is 3.77. The minimum Gasteiger partial charge on any atom is -0.486 e. The highest BCUT2D eigenvalue weighted by molar-refractivity contribution is 7.10. The average Bonchev–Trinajstić information content (AvgIpc) is 3.38. The lowest BCUT2D eigenvalue weighted by Crippen LogP contribution is -2.35. The molecule has 5 nitrogen and oxygen atoms in total. The predicted molar refractivity (Wildman–Crippen MR) is 113 cm³/mol. The van der Waals surface area contributed by atoms with Gasteiger partial charge in [0.25, 0.3) is 5.91 Å². The second kappa shape index (κ2) is 7.37. The van der Waals surface area contributed by atoms with Gasteiger partial charge >= 0.3 is 0 Å². The van der Waals surface area contributed by atoms with Gasteiger partial charge in [-0.15, -0.1) is 11.3 Å². The smallest absolute Gasteiger partial charge is 0.257 e. The number of carbonyl (C=O) groups is 1. The van der Waals surface area contributed by atoms with Crippen LogP contribution >= 0.6 is 11.3 Å². The van der Waals surface area contributed by atoms with E-state index in [1.807, 2.05) is 65.0 Å². The number of fused-ring (bicyclic) bond motifs is 2. The summed E-state index contributed by atoms with van der Waals surface area (Å²) in [5.41, 5.74) is 4.74. The summed E-state index contributed by atoms with van der Waals surface area (Å²) in [6, 6.07) is 13.6. The molecule has 4 heterocycles. The highest BCUT2D eigenvalue weighted by Crippen LogP contribution is 2.27. The molecule has 0 fully saturated rings. The van der Waals surface area contributed by atoms with Crippen LogP contribution in [-0.4, -0.2) is 26.7 Å². The number of carbonyl (C=O) groups excluding carboxylic acids is 1. The first-order valence-electron chi connectivity index (χ1n) is 9.68. The van der Waals surface area contributed by atoms with Crippen molar-refractivity contribution < 1.29 is 9.53 Å². The zero-order valence-corrected chi connectivity index (χ0v) is 17.0. The third kappa shape index (κ3) is 3.40. The molecule has 0 saturated heterocycles. The Kier molecular flexibility index (Phi) is 4.56. The molecular weight excluding hydrogens is 382 g/mol. The van der Waals surface area contributed by atoms with Gasteiger partial charge in [0.15, 0.2) is 0 Å². The Morgan fingerprint density at radius 3 is 3.00 bits per heavy atom. The van der Waals surface area contributed by atoms with E-state index >= 15 is 0 Å². The van der Waals surface area contributed by atoms with Gasteiger partial charge < -0.3 is 14.0 Å². The largest absolute Gasteiger partial charge is 0.486 e. The maximum atomic E-state index is 13.2. The van der Waals surface area contributed by atoms with Gasteiger partial charge in [-0.25, -0.2) is 4.98 Å². The molecule has 29 heavy (non-hydrogen) atoms. The maximum absolute atomic E-state index is 13.2. The first-order valence-corrected chi connectivity index (χ1v) is 10.6. The molecule has 1 aliphatic heterocycles. The van der Waals surface area contributed by atoms with E-state index in [0.717, 1.165) is 29.9 Å². The van der Waals surface area contributed by atoms with Crippen LogP contribution in [0.15, 0.2) is 60.2 Å². The highest BCUT2D eigenvalue weighted by atomic mass is 32.1. The first kappa shape index (κ1) is 17.9. The summed E-state index contributed by atoms with van der Waals surface area (Å²) in [5.74, 6) is 0.616. The van der Waals surface area contributed by atoms with E-state index in [0.29, 0.717) is 24.5 Å². The Bertz CT molecular complexity index is 1190. The SMILES string of the molecule is Cc1cccn2cc(COc3ccccc3C(=O)N3CCc4sccc4C3)nc12. The zero-order chi connectivity index (χ0) is 19.8. The maximum Gasteiger partial charge on any atom is 0.257 e. The number of benzene rings is 1. The van der Waals surface area contributed by atoms with E-state index in [2.05, 4.69) is 16.4 Å². The molecule has 1 amide bonds. The van der Waals surface area contributed by atoms with Crippen LogP contribution in [0.2, 0.25) is 0 Å². The molecule has 0 atom stereocenters. The van der Waals surface area contributed by atoms with Gasteiger partial charge in [-0.3, -0.25) is 4.79 Å². The average molecular weight is 404 g/mol. The molecule has 146 valence electrons. The Morgan fingerprint density at radius 1 is 1.21 bits per heavy atom. The van der Waals surface area contributed by atoms with Crippen LogP contribution in [0.1, 0.15) is 32.1 Å². The fourth-order valence-corrected chi connectivity index (χ4v) is 4.68. The quantitative estimate of drug-likeness (QED) is 0.505. The first-order chi connectivity index (χ1) is 14.2. The van der Waals surface area contributed by atoms with Crippen LogP contribution in [0, 0.1) is 6.92 Å². The zero-order valence-electron chi connectivity index (χ0n) is 16.2. The van der Waals surface area contributed by atoms with Crippen LogP contribution in [0.5, 0.6) is 5.75 Å². The Morgan fingerprint density at radius 2 is 2.10 bits per heavy atom. The van der Waals surface area contributed by atoms with E-state index in [-0.39, 0.29) is 5.91 Å².